The van der Waals surface area contributed by atoms with Gasteiger partial charge >= 0.3 is 0 Å². The topological polar surface area (TPSA) is 29.3 Å². The molecule has 0 saturated heterocycles. The summed E-state index contributed by atoms with van der Waals surface area (Å²) >= 11 is 0. The number of nitrogens with two attached hydrogens (primary N) is 1. The van der Waals surface area contributed by atoms with Crippen LogP contribution in [0.3, 0.4) is 0 Å². The molecule has 0 aromatic heterocycles. The summed E-state index contributed by atoms with van der Waals surface area (Å²) in [5.74, 6) is 6.13. The van der Waals surface area contributed by atoms with Gasteiger partial charge in [-0.25, -0.2) is 5.84 Å². The van der Waals surface area contributed by atoms with Crippen molar-refractivity contribution >= 4 is 0 Å². The Kier molecular flexibility index (Phi) is 4.95. The van der Waals surface area contributed by atoms with Crippen LogP contribution in [0.4, 0.5) is 0 Å². The van der Waals surface area contributed by atoms with Gasteiger partial charge in [-0.3, -0.25) is 0 Å². The highest BCUT2D eigenvalue weighted by Gasteiger charge is 2.01. The summed E-state index contributed by atoms with van der Waals surface area (Å²) in [5, 5.41) is 1.63. The number of nitrogens with zero attached hydrogens (tertiary/aromatic N) is 1. The first-order valence-electron chi connectivity index (χ1n) is 4.26. The molecule has 0 aliphatic heterocycles. The van der Waals surface area contributed by atoms with Crippen LogP contribution in [0.2, 0.25) is 0 Å². The van der Waals surface area contributed by atoms with Gasteiger partial charge in [-0.15, -0.1) is 0 Å². The molecule has 2 heteroatoms. The fraction of sp³-hybridized carbons (Fsp3) is 0.778. The van der Waals surface area contributed by atoms with Crippen molar-refractivity contribution in [3.63, 3.8) is 0 Å². The van der Waals surface area contributed by atoms with Crippen molar-refractivity contribution in [2.75, 3.05) is 7.05 Å². The van der Waals surface area contributed by atoms with Crippen LogP contribution in [0.25, 0.3) is 0 Å². The van der Waals surface area contributed by atoms with Crippen LogP contribution in [0.1, 0.15) is 33.6 Å². The Hall–Kier alpha value is -0.500. The minimum absolute atomic E-state index is 0.612. The molecule has 0 aliphatic rings. The summed E-state index contributed by atoms with van der Waals surface area (Å²) in [6.45, 7) is 6.59. The quantitative estimate of drug-likeness (QED) is 0.499. The van der Waals surface area contributed by atoms with Gasteiger partial charge in [0.25, 0.3) is 0 Å². The SMILES string of the molecule is CCC/C(=C\N(C)N)C(C)C. The highest BCUT2D eigenvalue weighted by Crippen LogP contribution is 2.15. The lowest BCUT2D eigenvalue weighted by molar-refractivity contribution is 0.469. The summed E-state index contributed by atoms with van der Waals surface area (Å²) in [4.78, 5) is 0. The Labute approximate surface area is 70.0 Å². The van der Waals surface area contributed by atoms with Crippen LogP contribution in [-0.4, -0.2) is 12.1 Å². The van der Waals surface area contributed by atoms with E-state index in [1.54, 1.807) is 5.01 Å². The molecular formula is C9H20N2. The van der Waals surface area contributed by atoms with Gasteiger partial charge in [0.1, 0.15) is 0 Å². The van der Waals surface area contributed by atoms with Gasteiger partial charge in [0.15, 0.2) is 0 Å². The Bertz CT molecular complexity index is 126. The largest absolute Gasteiger partial charge is 0.321 e. The maximum atomic E-state index is 5.52. The molecule has 2 N–H and O–H groups in total. The number of rotatable bonds is 4. The van der Waals surface area contributed by atoms with Crippen LogP contribution < -0.4 is 5.84 Å². The van der Waals surface area contributed by atoms with Gasteiger partial charge in [-0.05, 0) is 12.3 Å². The molecule has 0 rings (SSSR count). The molecule has 66 valence electrons. The van der Waals surface area contributed by atoms with Gasteiger partial charge in [0.2, 0.25) is 0 Å². The Morgan fingerprint density at radius 3 is 2.36 bits per heavy atom. The molecule has 0 unspecified atom stereocenters. The molecule has 0 fully saturated rings. The molecule has 0 radical (unpaired) electrons. The van der Waals surface area contributed by atoms with E-state index in [9.17, 15) is 0 Å². The Morgan fingerprint density at radius 2 is 2.09 bits per heavy atom. The normalized spacial score (nSPS) is 12.4. The molecule has 0 aromatic carbocycles. The van der Waals surface area contributed by atoms with Crippen molar-refractivity contribution in [2.45, 2.75) is 33.6 Å². The first kappa shape index (κ1) is 10.5. The van der Waals surface area contributed by atoms with Gasteiger partial charge < -0.3 is 5.01 Å². The minimum atomic E-state index is 0.612. The summed E-state index contributed by atoms with van der Waals surface area (Å²) in [6.07, 6.45) is 4.37. The fourth-order valence-corrected chi connectivity index (χ4v) is 1.05. The van der Waals surface area contributed by atoms with Crippen LogP contribution in [-0.2, 0) is 0 Å². The highest BCUT2D eigenvalue weighted by atomic mass is 15.4. The molecule has 0 amide bonds. The third-order valence-corrected chi connectivity index (χ3v) is 1.65. The summed E-state index contributed by atoms with van der Waals surface area (Å²) in [7, 11) is 1.86. The number of hydrogen-bond donors (Lipinski definition) is 1. The molecule has 0 saturated carbocycles. The molecule has 0 aromatic rings. The van der Waals surface area contributed by atoms with Crippen molar-refractivity contribution in [1.82, 2.24) is 5.01 Å². The van der Waals surface area contributed by atoms with Crippen LogP contribution >= 0.6 is 0 Å². The Balaban J connectivity index is 4.08. The fourth-order valence-electron chi connectivity index (χ4n) is 1.05. The minimum Gasteiger partial charge on any atom is -0.321 e. The second-order valence-electron chi connectivity index (χ2n) is 3.27. The number of hydrazine groups is 1. The monoisotopic (exact) mass is 156 g/mol. The lowest BCUT2D eigenvalue weighted by Crippen LogP contribution is -2.20. The van der Waals surface area contributed by atoms with Gasteiger partial charge in [0.05, 0.1) is 0 Å². The van der Waals surface area contributed by atoms with Crippen molar-refractivity contribution < 1.29 is 0 Å². The van der Waals surface area contributed by atoms with E-state index in [4.69, 9.17) is 5.84 Å². The van der Waals surface area contributed by atoms with E-state index < -0.39 is 0 Å². The second kappa shape index (κ2) is 5.19. The van der Waals surface area contributed by atoms with E-state index >= 15 is 0 Å². The van der Waals surface area contributed by atoms with Crippen molar-refractivity contribution in [2.24, 2.45) is 11.8 Å². The average molecular weight is 156 g/mol. The number of hydrogen-bond acceptors (Lipinski definition) is 2. The van der Waals surface area contributed by atoms with E-state index in [0.29, 0.717) is 5.92 Å². The lowest BCUT2D eigenvalue weighted by Gasteiger charge is -2.13. The van der Waals surface area contributed by atoms with E-state index in [1.807, 2.05) is 13.2 Å². The highest BCUT2D eigenvalue weighted by molar-refractivity contribution is 5.02. The smallest absolute Gasteiger partial charge is 0.0222 e. The Morgan fingerprint density at radius 1 is 1.55 bits per heavy atom. The van der Waals surface area contributed by atoms with Gasteiger partial charge in [-0.1, -0.05) is 32.8 Å². The third-order valence-electron chi connectivity index (χ3n) is 1.65. The zero-order valence-electron chi connectivity index (χ0n) is 8.09. The van der Waals surface area contributed by atoms with Gasteiger partial charge in [0, 0.05) is 13.2 Å². The molecule has 0 atom stereocenters. The lowest BCUT2D eigenvalue weighted by atomic mass is 10.00. The van der Waals surface area contributed by atoms with Crippen molar-refractivity contribution in [3.8, 4) is 0 Å². The molecule has 11 heavy (non-hydrogen) atoms. The molecule has 0 spiro atoms. The van der Waals surface area contributed by atoms with E-state index in [1.165, 1.54) is 12.0 Å². The van der Waals surface area contributed by atoms with E-state index in [2.05, 4.69) is 20.8 Å². The first-order valence-corrected chi connectivity index (χ1v) is 4.26. The molecule has 0 aliphatic carbocycles. The third kappa shape index (κ3) is 4.85. The van der Waals surface area contributed by atoms with Crippen LogP contribution in [0.15, 0.2) is 11.8 Å². The summed E-state index contributed by atoms with van der Waals surface area (Å²) < 4.78 is 0. The predicted molar refractivity (Wildman–Crippen MR) is 49.8 cm³/mol. The molecule has 0 bridgehead atoms. The maximum Gasteiger partial charge on any atom is 0.0222 e. The first-order chi connectivity index (χ1) is 5.07. The number of allylic oxidation sites excluding steroid dienone is 1. The second-order valence-corrected chi connectivity index (χ2v) is 3.27. The van der Waals surface area contributed by atoms with Gasteiger partial charge in [-0.2, -0.15) is 0 Å². The van der Waals surface area contributed by atoms with Crippen molar-refractivity contribution in [1.29, 1.82) is 0 Å². The molecule has 0 heterocycles. The maximum absolute atomic E-state index is 5.52. The average Bonchev–Trinajstić information content (AvgIpc) is 1.86. The van der Waals surface area contributed by atoms with E-state index in [0.717, 1.165) is 6.42 Å². The standard InChI is InChI=1S/C9H20N2/c1-5-6-9(8(2)3)7-11(4)10/h7-8H,5-6,10H2,1-4H3/b9-7+. The van der Waals surface area contributed by atoms with Crippen LogP contribution in [0.5, 0.6) is 0 Å². The molecular weight excluding hydrogens is 136 g/mol. The summed E-state index contributed by atoms with van der Waals surface area (Å²) in [5.41, 5.74) is 1.43. The van der Waals surface area contributed by atoms with E-state index in [-0.39, 0.29) is 0 Å². The zero-order valence-corrected chi connectivity index (χ0v) is 8.09. The van der Waals surface area contributed by atoms with Crippen LogP contribution in [0, 0.1) is 5.92 Å². The molecule has 2 nitrogen and oxygen atoms in total. The zero-order chi connectivity index (χ0) is 8.85. The summed E-state index contributed by atoms with van der Waals surface area (Å²) in [6, 6.07) is 0. The van der Waals surface area contributed by atoms with Crippen molar-refractivity contribution in [3.05, 3.63) is 11.8 Å². The predicted octanol–water partition coefficient (Wildman–Crippen LogP) is 2.13.